The molecule has 31 heavy (non-hydrogen) atoms. The maximum Gasteiger partial charge on any atom is 0.217 e. The van der Waals surface area contributed by atoms with Crippen molar-refractivity contribution < 1.29 is 14.6 Å². The van der Waals surface area contributed by atoms with Crippen LogP contribution >= 0.6 is 11.6 Å². The van der Waals surface area contributed by atoms with Gasteiger partial charge in [-0.2, -0.15) is 4.98 Å². The molecular weight excluding hydrogens is 416 g/mol. The van der Waals surface area contributed by atoms with E-state index in [0.717, 1.165) is 35.0 Å². The zero-order valence-corrected chi connectivity index (χ0v) is 18.4. The van der Waals surface area contributed by atoms with Gasteiger partial charge in [-0.15, -0.1) is 0 Å². The van der Waals surface area contributed by atoms with Crippen LogP contribution in [-0.4, -0.2) is 49.5 Å². The van der Waals surface area contributed by atoms with Crippen molar-refractivity contribution in [1.29, 1.82) is 0 Å². The van der Waals surface area contributed by atoms with E-state index in [4.69, 9.17) is 21.1 Å². The van der Waals surface area contributed by atoms with Crippen LogP contribution in [0.15, 0.2) is 24.5 Å². The normalized spacial score (nSPS) is 22.3. The SMILES string of the molecule is Cc1nc(OC2CCCCC2)cc(-c2cn(CC3(O)CCOC3)c3ccnc(Cl)c23)n1. The number of aliphatic hydroxyl groups is 1. The van der Waals surface area contributed by atoms with E-state index in [9.17, 15) is 5.11 Å². The molecule has 1 aliphatic heterocycles. The van der Waals surface area contributed by atoms with Gasteiger partial charge in [0.05, 0.1) is 24.4 Å². The molecule has 1 atom stereocenters. The van der Waals surface area contributed by atoms with Gasteiger partial charge in [-0.3, -0.25) is 0 Å². The number of ether oxygens (including phenoxy) is 2. The minimum Gasteiger partial charge on any atom is -0.474 e. The summed E-state index contributed by atoms with van der Waals surface area (Å²) in [6, 6.07) is 3.80. The molecule has 7 nitrogen and oxygen atoms in total. The molecule has 1 N–H and O–H groups in total. The van der Waals surface area contributed by atoms with E-state index in [2.05, 4.69) is 15.0 Å². The summed E-state index contributed by atoms with van der Waals surface area (Å²) in [6.45, 7) is 3.18. The monoisotopic (exact) mass is 442 g/mol. The fraction of sp³-hybridized carbons (Fsp3) is 0.522. The Kier molecular flexibility index (Phi) is 5.58. The molecule has 2 aliphatic rings. The molecule has 0 spiro atoms. The number of halogens is 1. The summed E-state index contributed by atoms with van der Waals surface area (Å²) in [6.07, 6.45) is 10.3. The third-order valence-electron chi connectivity index (χ3n) is 6.22. The first-order valence-electron chi connectivity index (χ1n) is 11.0. The van der Waals surface area contributed by atoms with Crippen LogP contribution in [0, 0.1) is 6.92 Å². The molecule has 0 aromatic carbocycles. The largest absolute Gasteiger partial charge is 0.474 e. The van der Waals surface area contributed by atoms with E-state index < -0.39 is 5.60 Å². The van der Waals surface area contributed by atoms with Gasteiger partial charge in [-0.05, 0) is 38.7 Å². The third kappa shape index (κ3) is 4.27. The highest BCUT2D eigenvalue weighted by atomic mass is 35.5. The van der Waals surface area contributed by atoms with Crippen molar-refractivity contribution in [3.63, 3.8) is 0 Å². The molecule has 0 bridgehead atoms. The van der Waals surface area contributed by atoms with Crippen LogP contribution in [0.3, 0.4) is 0 Å². The van der Waals surface area contributed by atoms with Gasteiger partial charge in [0, 0.05) is 42.4 Å². The van der Waals surface area contributed by atoms with Gasteiger partial charge in [0.25, 0.3) is 0 Å². The van der Waals surface area contributed by atoms with E-state index in [0.29, 0.717) is 43.0 Å². The zero-order valence-electron chi connectivity index (χ0n) is 17.7. The first-order valence-corrected chi connectivity index (χ1v) is 11.3. The molecule has 0 amide bonds. The summed E-state index contributed by atoms with van der Waals surface area (Å²) >= 11 is 6.53. The van der Waals surface area contributed by atoms with Crippen LogP contribution < -0.4 is 4.74 Å². The molecule has 8 heteroatoms. The van der Waals surface area contributed by atoms with E-state index in [1.807, 2.05) is 29.8 Å². The number of nitrogens with zero attached hydrogens (tertiary/aromatic N) is 4. The molecule has 3 aromatic rings. The molecule has 1 saturated carbocycles. The number of hydrogen-bond acceptors (Lipinski definition) is 6. The summed E-state index contributed by atoms with van der Waals surface area (Å²) in [5, 5.41) is 12.1. The Bertz CT molecular complexity index is 1090. The maximum atomic E-state index is 10.9. The molecule has 164 valence electrons. The van der Waals surface area contributed by atoms with Crippen LogP contribution in [0.2, 0.25) is 5.15 Å². The predicted octanol–water partition coefficient (Wildman–Crippen LogP) is 4.32. The Hall–Kier alpha value is -2.22. The Labute approximate surface area is 186 Å². The molecule has 4 heterocycles. The zero-order chi connectivity index (χ0) is 21.4. The number of rotatable bonds is 5. The van der Waals surface area contributed by atoms with Gasteiger partial charge >= 0.3 is 0 Å². The Balaban J connectivity index is 1.55. The van der Waals surface area contributed by atoms with Crippen molar-refractivity contribution in [1.82, 2.24) is 19.5 Å². The van der Waals surface area contributed by atoms with Gasteiger partial charge in [0.1, 0.15) is 22.7 Å². The highest BCUT2D eigenvalue weighted by Crippen LogP contribution is 2.36. The summed E-state index contributed by atoms with van der Waals surface area (Å²) in [4.78, 5) is 13.5. The number of aryl methyl sites for hydroxylation is 1. The minimum absolute atomic E-state index is 0.208. The Morgan fingerprint density at radius 1 is 1.29 bits per heavy atom. The number of aromatic nitrogens is 4. The molecule has 1 saturated heterocycles. The topological polar surface area (TPSA) is 82.3 Å². The summed E-state index contributed by atoms with van der Waals surface area (Å²) < 4.78 is 13.7. The van der Waals surface area contributed by atoms with E-state index in [1.54, 1.807) is 6.20 Å². The van der Waals surface area contributed by atoms with Crippen LogP contribution in [0.5, 0.6) is 5.88 Å². The highest BCUT2D eigenvalue weighted by molar-refractivity contribution is 6.35. The van der Waals surface area contributed by atoms with Gasteiger partial charge < -0.3 is 19.1 Å². The quantitative estimate of drug-likeness (QED) is 0.592. The van der Waals surface area contributed by atoms with Crippen LogP contribution in [-0.2, 0) is 11.3 Å². The standard InChI is InChI=1S/C23H27ClN4O3/c1-15-26-18(11-20(27-15)31-16-5-3-2-4-6-16)17-12-28(13-23(29)8-10-30-14-23)19-7-9-25-22(24)21(17)19/h7,9,11-12,16,29H,2-6,8,10,13-14H2,1H3. The fourth-order valence-electron chi connectivity index (χ4n) is 4.66. The first-order chi connectivity index (χ1) is 15.0. The molecule has 3 aromatic heterocycles. The first kappa shape index (κ1) is 20.7. The lowest BCUT2D eigenvalue weighted by molar-refractivity contribution is 0.0128. The van der Waals surface area contributed by atoms with E-state index >= 15 is 0 Å². The lowest BCUT2D eigenvalue weighted by Gasteiger charge is -2.22. The van der Waals surface area contributed by atoms with Crippen molar-refractivity contribution in [3.05, 3.63) is 35.5 Å². The third-order valence-corrected chi connectivity index (χ3v) is 6.51. The summed E-state index contributed by atoms with van der Waals surface area (Å²) in [5.74, 6) is 1.24. The smallest absolute Gasteiger partial charge is 0.217 e. The Morgan fingerprint density at radius 2 is 2.13 bits per heavy atom. The summed E-state index contributed by atoms with van der Waals surface area (Å²) in [7, 11) is 0. The van der Waals surface area contributed by atoms with Crippen LogP contribution in [0.25, 0.3) is 22.2 Å². The van der Waals surface area contributed by atoms with E-state index in [-0.39, 0.29) is 6.10 Å². The second-order valence-electron chi connectivity index (χ2n) is 8.71. The molecule has 1 aliphatic carbocycles. The van der Waals surface area contributed by atoms with Gasteiger partial charge in [-0.25, -0.2) is 9.97 Å². The number of hydrogen-bond donors (Lipinski definition) is 1. The molecule has 2 fully saturated rings. The molecule has 1 unspecified atom stereocenters. The number of pyridine rings is 1. The van der Waals surface area contributed by atoms with Gasteiger partial charge in [0.15, 0.2) is 0 Å². The average Bonchev–Trinajstić information content (AvgIpc) is 3.33. The second kappa shape index (κ2) is 8.37. The fourth-order valence-corrected chi connectivity index (χ4v) is 4.92. The number of fused-ring (bicyclic) bond motifs is 1. The van der Waals surface area contributed by atoms with Crippen LogP contribution in [0.1, 0.15) is 44.3 Å². The van der Waals surface area contributed by atoms with Gasteiger partial charge in [0.2, 0.25) is 5.88 Å². The van der Waals surface area contributed by atoms with Crippen molar-refractivity contribution in [2.75, 3.05) is 13.2 Å². The van der Waals surface area contributed by atoms with E-state index in [1.165, 1.54) is 19.3 Å². The van der Waals surface area contributed by atoms with Crippen molar-refractivity contribution in [2.45, 2.75) is 63.7 Å². The average molecular weight is 443 g/mol. The maximum absolute atomic E-state index is 10.9. The van der Waals surface area contributed by atoms with Crippen molar-refractivity contribution in [3.8, 4) is 17.1 Å². The lowest BCUT2D eigenvalue weighted by atomic mass is 9.98. The second-order valence-corrected chi connectivity index (χ2v) is 9.07. The van der Waals surface area contributed by atoms with Crippen LogP contribution in [0.4, 0.5) is 0 Å². The van der Waals surface area contributed by atoms with Crippen molar-refractivity contribution in [2.24, 2.45) is 0 Å². The Morgan fingerprint density at radius 3 is 2.90 bits per heavy atom. The highest BCUT2D eigenvalue weighted by Gasteiger charge is 2.33. The van der Waals surface area contributed by atoms with Gasteiger partial charge in [-0.1, -0.05) is 18.0 Å². The lowest BCUT2D eigenvalue weighted by Crippen LogP contribution is -2.34. The summed E-state index contributed by atoms with van der Waals surface area (Å²) in [5.41, 5.74) is 1.61. The predicted molar refractivity (Wildman–Crippen MR) is 118 cm³/mol. The molecule has 0 radical (unpaired) electrons. The molecular formula is C23H27ClN4O3. The molecule has 5 rings (SSSR count). The van der Waals surface area contributed by atoms with Crippen molar-refractivity contribution >= 4 is 22.5 Å². The minimum atomic E-state index is -0.893.